The summed E-state index contributed by atoms with van der Waals surface area (Å²) in [5.41, 5.74) is 0.687. The summed E-state index contributed by atoms with van der Waals surface area (Å²) in [7, 11) is -0.378. The van der Waals surface area contributed by atoms with Crippen molar-refractivity contribution in [1.29, 1.82) is 0 Å². The second-order valence-electron chi connectivity index (χ2n) is 6.65. The summed E-state index contributed by atoms with van der Waals surface area (Å²) in [4.78, 5) is 12.5. The van der Waals surface area contributed by atoms with Crippen LogP contribution >= 0.6 is 0 Å². The van der Waals surface area contributed by atoms with E-state index in [1.807, 2.05) is 32.0 Å². The number of ether oxygens (including phenoxy) is 1. The maximum atomic E-state index is 12.5. The summed E-state index contributed by atoms with van der Waals surface area (Å²) in [5, 5.41) is 2.90. The number of carbonyl (C=O) groups is 1. The molecule has 0 spiro atoms. The smallest absolute Gasteiger partial charge is 0.281 e. The number of rotatable bonds is 6. The van der Waals surface area contributed by atoms with Crippen LogP contribution in [0.2, 0.25) is 0 Å². The molecular weight excluding hydrogens is 342 g/mol. The lowest BCUT2D eigenvalue weighted by Crippen LogP contribution is -2.46. The summed E-state index contributed by atoms with van der Waals surface area (Å²) >= 11 is 0. The first-order chi connectivity index (χ1) is 11.7. The lowest BCUT2D eigenvalue weighted by molar-refractivity contribution is -0.120. The molecule has 1 aromatic rings. The van der Waals surface area contributed by atoms with Gasteiger partial charge in [-0.15, -0.1) is 0 Å². The summed E-state index contributed by atoms with van der Waals surface area (Å²) in [6.45, 7) is 4.60. The molecule has 0 aliphatic carbocycles. The summed E-state index contributed by atoms with van der Waals surface area (Å²) in [6.07, 6.45) is 1.09. The van der Waals surface area contributed by atoms with Crippen LogP contribution in [-0.4, -0.2) is 56.2 Å². The van der Waals surface area contributed by atoms with Gasteiger partial charge in [-0.3, -0.25) is 4.79 Å². The highest BCUT2D eigenvalue weighted by Crippen LogP contribution is 2.24. The first-order valence-corrected chi connectivity index (χ1v) is 9.85. The Balaban J connectivity index is 1.93. The Hall–Kier alpha value is -1.64. The second-order valence-corrected chi connectivity index (χ2v) is 8.79. The van der Waals surface area contributed by atoms with Gasteiger partial charge in [0.2, 0.25) is 5.91 Å². The van der Waals surface area contributed by atoms with E-state index in [9.17, 15) is 13.2 Å². The topological polar surface area (TPSA) is 79.0 Å². The van der Waals surface area contributed by atoms with Gasteiger partial charge in [0.15, 0.2) is 0 Å². The molecule has 0 saturated carbocycles. The van der Waals surface area contributed by atoms with Crippen LogP contribution in [-0.2, 0) is 15.0 Å². The van der Waals surface area contributed by atoms with E-state index in [1.165, 1.54) is 22.7 Å². The molecule has 1 fully saturated rings. The molecule has 1 amide bonds. The zero-order chi connectivity index (χ0) is 18.6. The van der Waals surface area contributed by atoms with Crippen LogP contribution in [0, 0.1) is 5.92 Å². The van der Waals surface area contributed by atoms with Gasteiger partial charge in [0.1, 0.15) is 5.75 Å². The number of nitrogens with zero attached hydrogens (tertiary/aromatic N) is 2. The Morgan fingerprint density at radius 2 is 1.92 bits per heavy atom. The molecule has 0 atom stereocenters. The van der Waals surface area contributed by atoms with Gasteiger partial charge in [-0.2, -0.15) is 17.0 Å². The van der Waals surface area contributed by atoms with Crippen molar-refractivity contribution >= 4 is 21.8 Å². The molecule has 8 heteroatoms. The molecule has 1 N–H and O–H groups in total. The highest BCUT2D eigenvalue weighted by Gasteiger charge is 2.32. The lowest BCUT2D eigenvalue weighted by Gasteiger charge is -2.32. The number of nitrogens with one attached hydrogen (secondary N) is 1. The maximum Gasteiger partial charge on any atom is 0.281 e. The maximum absolute atomic E-state index is 12.5. The molecule has 1 aliphatic rings. The van der Waals surface area contributed by atoms with Crippen molar-refractivity contribution in [2.45, 2.75) is 32.8 Å². The monoisotopic (exact) mass is 369 g/mol. The van der Waals surface area contributed by atoms with Crippen LogP contribution < -0.4 is 10.1 Å². The summed E-state index contributed by atoms with van der Waals surface area (Å²) in [5.74, 6) is 0.437. The Kier molecular flexibility index (Phi) is 6.42. The minimum Gasteiger partial charge on any atom is -0.491 e. The Bertz CT molecular complexity index is 696. The van der Waals surface area contributed by atoms with Crippen molar-refractivity contribution in [2.75, 3.05) is 32.5 Å². The standard InChI is InChI=1S/C17H27N3O4S/c1-13(2)24-16-7-5-6-15(12-16)18-17(21)14-8-10-20(11-9-14)25(22,23)19(3)4/h5-7,12-14H,8-11H2,1-4H3,(H,18,21). The summed E-state index contributed by atoms with van der Waals surface area (Å²) in [6, 6.07) is 7.29. The van der Waals surface area contributed by atoms with E-state index in [-0.39, 0.29) is 17.9 Å². The van der Waals surface area contributed by atoms with E-state index >= 15 is 0 Å². The molecular formula is C17H27N3O4S. The van der Waals surface area contributed by atoms with Crippen molar-refractivity contribution in [2.24, 2.45) is 5.92 Å². The van der Waals surface area contributed by atoms with Crippen LogP contribution in [0.5, 0.6) is 5.75 Å². The van der Waals surface area contributed by atoms with Gasteiger partial charge < -0.3 is 10.1 Å². The van der Waals surface area contributed by atoms with Crippen LogP contribution in [0.3, 0.4) is 0 Å². The van der Waals surface area contributed by atoms with Gasteiger partial charge in [0.05, 0.1) is 6.10 Å². The first-order valence-electron chi connectivity index (χ1n) is 8.45. The Morgan fingerprint density at radius 1 is 1.28 bits per heavy atom. The fourth-order valence-corrected chi connectivity index (χ4v) is 3.88. The Labute approximate surface area is 150 Å². The number of carbonyl (C=O) groups excluding carboxylic acids is 1. The molecule has 0 bridgehead atoms. The van der Waals surface area contributed by atoms with Gasteiger partial charge in [-0.1, -0.05) is 6.07 Å². The molecule has 0 unspecified atom stereocenters. The molecule has 140 valence electrons. The molecule has 0 radical (unpaired) electrons. The van der Waals surface area contributed by atoms with Gasteiger partial charge in [0.25, 0.3) is 10.2 Å². The lowest BCUT2D eigenvalue weighted by atomic mass is 9.97. The SMILES string of the molecule is CC(C)Oc1cccc(NC(=O)C2CCN(S(=O)(=O)N(C)C)CC2)c1. The number of anilines is 1. The molecule has 25 heavy (non-hydrogen) atoms. The van der Waals surface area contributed by atoms with Crippen LogP contribution in [0.15, 0.2) is 24.3 Å². The molecule has 1 aliphatic heterocycles. The average molecular weight is 369 g/mol. The third-order valence-electron chi connectivity index (χ3n) is 4.09. The van der Waals surface area contributed by atoms with E-state index < -0.39 is 10.2 Å². The molecule has 1 heterocycles. The first kappa shape index (κ1) is 19.7. The van der Waals surface area contributed by atoms with Gasteiger partial charge in [-0.05, 0) is 38.8 Å². The normalized spacial score (nSPS) is 17.0. The quantitative estimate of drug-likeness (QED) is 0.831. The third-order valence-corrected chi connectivity index (χ3v) is 6.03. The van der Waals surface area contributed by atoms with E-state index in [1.54, 1.807) is 6.07 Å². The predicted octanol–water partition coefficient (Wildman–Crippen LogP) is 1.93. The molecule has 7 nitrogen and oxygen atoms in total. The van der Waals surface area contributed by atoms with Crippen molar-refractivity contribution in [3.8, 4) is 5.75 Å². The Morgan fingerprint density at radius 3 is 2.48 bits per heavy atom. The minimum absolute atomic E-state index is 0.0638. The number of piperidine rings is 1. The van der Waals surface area contributed by atoms with Gasteiger partial charge >= 0.3 is 0 Å². The van der Waals surface area contributed by atoms with Gasteiger partial charge in [-0.25, -0.2) is 0 Å². The van der Waals surface area contributed by atoms with Crippen molar-refractivity contribution < 1.29 is 17.9 Å². The fourth-order valence-electron chi connectivity index (χ4n) is 2.74. The van der Waals surface area contributed by atoms with Crippen molar-refractivity contribution in [3.63, 3.8) is 0 Å². The summed E-state index contributed by atoms with van der Waals surface area (Å²) < 4.78 is 32.5. The highest BCUT2D eigenvalue weighted by molar-refractivity contribution is 7.86. The zero-order valence-corrected chi connectivity index (χ0v) is 16.0. The second kappa shape index (κ2) is 8.16. The van der Waals surface area contributed by atoms with Crippen molar-refractivity contribution in [1.82, 2.24) is 8.61 Å². The van der Waals surface area contributed by atoms with Gasteiger partial charge in [0, 0.05) is 44.9 Å². The number of amides is 1. The largest absolute Gasteiger partial charge is 0.491 e. The number of hydrogen-bond acceptors (Lipinski definition) is 4. The van der Waals surface area contributed by atoms with Crippen LogP contribution in [0.1, 0.15) is 26.7 Å². The fraction of sp³-hybridized carbons (Fsp3) is 0.588. The zero-order valence-electron chi connectivity index (χ0n) is 15.2. The molecule has 2 rings (SSSR count). The number of hydrogen-bond donors (Lipinski definition) is 1. The van der Waals surface area contributed by atoms with E-state index in [2.05, 4.69) is 5.32 Å². The molecule has 0 aromatic heterocycles. The molecule has 1 aromatic carbocycles. The van der Waals surface area contributed by atoms with E-state index in [0.717, 1.165) is 0 Å². The van der Waals surface area contributed by atoms with E-state index in [0.29, 0.717) is 37.4 Å². The van der Waals surface area contributed by atoms with Crippen LogP contribution in [0.25, 0.3) is 0 Å². The van der Waals surface area contributed by atoms with E-state index in [4.69, 9.17) is 4.74 Å². The molecule has 1 saturated heterocycles. The number of benzene rings is 1. The third kappa shape index (κ3) is 5.17. The average Bonchev–Trinajstić information content (AvgIpc) is 2.54. The van der Waals surface area contributed by atoms with Crippen LogP contribution in [0.4, 0.5) is 5.69 Å². The predicted molar refractivity (Wildman–Crippen MR) is 97.7 cm³/mol. The minimum atomic E-state index is -3.41. The van der Waals surface area contributed by atoms with Crippen molar-refractivity contribution in [3.05, 3.63) is 24.3 Å². The highest BCUT2D eigenvalue weighted by atomic mass is 32.2.